The van der Waals surface area contributed by atoms with Crippen LogP contribution in [0.3, 0.4) is 0 Å². The lowest BCUT2D eigenvalue weighted by Gasteiger charge is -2.28. The summed E-state index contributed by atoms with van der Waals surface area (Å²) in [6.07, 6.45) is 10.1. The summed E-state index contributed by atoms with van der Waals surface area (Å²) in [5, 5.41) is 3.23. The van der Waals surface area contributed by atoms with Gasteiger partial charge in [-0.1, -0.05) is 32.1 Å². The molecule has 0 aromatic heterocycles. The molecule has 1 saturated carbocycles. The van der Waals surface area contributed by atoms with E-state index < -0.39 is 0 Å². The quantitative estimate of drug-likeness (QED) is 0.700. The minimum atomic E-state index is 0.0445. The first-order valence-electron chi connectivity index (χ1n) is 5.53. The van der Waals surface area contributed by atoms with Crippen LogP contribution in [0.2, 0.25) is 0 Å². The highest BCUT2D eigenvalue weighted by molar-refractivity contribution is 5.59. The summed E-state index contributed by atoms with van der Waals surface area (Å²) in [6, 6.07) is 0.0445. The van der Waals surface area contributed by atoms with Gasteiger partial charge in [0.15, 0.2) is 0 Å². The lowest BCUT2D eigenvalue weighted by molar-refractivity contribution is 0.247. The number of hydrogen-bond donors (Lipinski definition) is 1. The third kappa shape index (κ3) is 1.93. The molecule has 0 aromatic carbocycles. The Hall–Kier alpha value is -0.370. The molecule has 2 rings (SSSR count). The van der Waals surface area contributed by atoms with Gasteiger partial charge in [-0.25, -0.2) is 0 Å². The summed E-state index contributed by atoms with van der Waals surface area (Å²) in [5.74, 6) is 1.40. The maximum Gasteiger partial charge on any atom is 0.217 e. The van der Waals surface area contributed by atoms with E-state index in [0.29, 0.717) is 5.92 Å². The van der Waals surface area contributed by atoms with Gasteiger partial charge in [-0.2, -0.15) is 0 Å². The first-order valence-corrected chi connectivity index (χ1v) is 5.53. The van der Waals surface area contributed by atoms with Crippen molar-refractivity contribution in [3.05, 3.63) is 0 Å². The highest BCUT2D eigenvalue weighted by Gasteiger charge is 2.33. The summed E-state index contributed by atoms with van der Waals surface area (Å²) < 4.78 is 0. The van der Waals surface area contributed by atoms with Crippen molar-refractivity contribution in [2.45, 2.75) is 44.6 Å². The van der Waals surface area contributed by atoms with Crippen LogP contribution in [-0.4, -0.2) is 18.9 Å². The summed E-state index contributed by atoms with van der Waals surface area (Å²) >= 11 is 0. The van der Waals surface area contributed by atoms with Gasteiger partial charge in [-0.15, -0.1) is 0 Å². The second-order valence-electron chi connectivity index (χ2n) is 4.40. The molecule has 1 N–H and O–H groups in total. The Labute approximate surface area is 80.1 Å². The van der Waals surface area contributed by atoms with Gasteiger partial charge in [0, 0.05) is 0 Å². The van der Waals surface area contributed by atoms with Crippen molar-refractivity contribution in [1.29, 1.82) is 0 Å². The highest BCUT2D eigenvalue weighted by atomic mass is 16.1. The lowest BCUT2D eigenvalue weighted by atomic mass is 9.77. The van der Waals surface area contributed by atoms with Gasteiger partial charge in [0.25, 0.3) is 0 Å². The van der Waals surface area contributed by atoms with Crippen LogP contribution in [0.5, 0.6) is 0 Å². The van der Waals surface area contributed by atoms with E-state index in [0.717, 1.165) is 12.5 Å². The first kappa shape index (κ1) is 9.20. The van der Waals surface area contributed by atoms with Crippen LogP contribution in [-0.2, 0) is 4.79 Å². The fraction of sp³-hybridized carbons (Fsp3) is 0.909. The number of nitrogens with one attached hydrogen (secondary N) is 1. The molecular formula is C11H18NO. The average molecular weight is 180 g/mol. The molecule has 2 aliphatic rings. The van der Waals surface area contributed by atoms with E-state index in [4.69, 9.17) is 0 Å². The Morgan fingerprint density at radius 2 is 1.85 bits per heavy atom. The number of hydrogen-bond acceptors (Lipinski definition) is 2. The predicted octanol–water partition coefficient (Wildman–Crippen LogP) is 1.65. The molecule has 73 valence electrons. The van der Waals surface area contributed by atoms with E-state index in [1.54, 1.807) is 0 Å². The van der Waals surface area contributed by atoms with E-state index in [-0.39, 0.29) is 6.04 Å². The van der Waals surface area contributed by atoms with Crippen molar-refractivity contribution in [3.63, 3.8) is 0 Å². The third-order valence-electron chi connectivity index (χ3n) is 3.65. The summed E-state index contributed by atoms with van der Waals surface area (Å²) in [7, 11) is 0. The van der Waals surface area contributed by atoms with Gasteiger partial charge in [0.1, 0.15) is 0 Å². The van der Waals surface area contributed by atoms with Crippen LogP contribution in [0.1, 0.15) is 38.5 Å². The van der Waals surface area contributed by atoms with Gasteiger partial charge < -0.3 is 5.32 Å². The largest absolute Gasteiger partial charge is 0.307 e. The summed E-state index contributed by atoms with van der Waals surface area (Å²) in [5.41, 5.74) is 0. The van der Waals surface area contributed by atoms with E-state index >= 15 is 0 Å². The van der Waals surface area contributed by atoms with Crippen molar-refractivity contribution in [2.24, 2.45) is 11.8 Å². The maximum absolute atomic E-state index is 10.7. The second-order valence-corrected chi connectivity index (χ2v) is 4.40. The molecule has 1 aliphatic heterocycles. The molecule has 0 bridgehead atoms. The normalized spacial score (nSPS) is 36.3. The molecule has 13 heavy (non-hydrogen) atoms. The second kappa shape index (κ2) is 4.23. The van der Waals surface area contributed by atoms with E-state index in [9.17, 15) is 4.79 Å². The minimum absolute atomic E-state index is 0.0445. The Morgan fingerprint density at radius 1 is 1.08 bits per heavy atom. The van der Waals surface area contributed by atoms with Crippen LogP contribution in [0, 0.1) is 11.8 Å². The molecule has 2 heteroatoms. The van der Waals surface area contributed by atoms with Crippen LogP contribution in [0.4, 0.5) is 0 Å². The lowest BCUT2D eigenvalue weighted by Crippen LogP contribution is -2.33. The maximum atomic E-state index is 10.7. The van der Waals surface area contributed by atoms with Crippen molar-refractivity contribution < 1.29 is 4.79 Å². The smallest absolute Gasteiger partial charge is 0.217 e. The van der Waals surface area contributed by atoms with Crippen molar-refractivity contribution in [1.82, 2.24) is 5.32 Å². The predicted molar refractivity (Wildman–Crippen MR) is 52.2 cm³/mol. The molecular weight excluding hydrogens is 162 g/mol. The fourth-order valence-corrected chi connectivity index (χ4v) is 2.92. The molecule has 2 atom stereocenters. The van der Waals surface area contributed by atoms with E-state index in [2.05, 4.69) is 11.6 Å². The van der Waals surface area contributed by atoms with E-state index in [1.807, 2.05) is 0 Å². The monoisotopic (exact) mass is 180 g/mol. The molecule has 2 fully saturated rings. The third-order valence-corrected chi connectivity index (χ3v) is 3.65. The zero-order valence-corrected chi connectivity index (χ0v) is 8.09. The van der Waals surface area contributed by atoms with Gasteiger partial charge in [-0.3, -0.25) is 4.79 Å². The fourth-order valence-electron chi connectivity index (χ4n) is 2.92. The highest BCUT2D eigenvalue weighted by Crippen LogP contribution is 2.34. The van der Waals surface area contributed by atoms with Crippen LogP contribution in [0.25, 0.3) is 0 Å². The Balaban J connectivity index is 1.93. The minimum Gasteiger partial charge on any atom is -0.307 e. The van der Waals surface area contributed by atoms with Crippen LogP contribution >= 0.6 is 0 Å². The van der Waals surface area contributed by atoms with Gasteiger partial charge >= 0.3 is 0 Å². The number of carbonyl (C=O) groups excluding carboxylic acids is 1. The first-order chi connectivity index (χ1) is 6.42. The summed E-state index contributed by atoms with van der Waals surface area (Å²) in [4.78, 5) is 10.7. The van der Waals surface area contributed by atoms with Crippen molar-refractivity contribution in [3.8, 4) is 0 Å². The topological polar surface area (TPSA) is 29.1 Å². The van der Waals surface area contributed by atoms with Gasteiger partial charge in [0.2, 0.25) is 6.29 Å². The Bertz CT molecular complexity index is 175. The molecule has 0 unspecified atom stereocenters. The molecule has 2 nitrogen and oxygen atoms in total. The molecule has 1 heterocycles. The van der Waals surface area contributed by atoms with E-state index in [1.165, 1.54) is 38.5 Å². The van der Waals surface area contributed by atoms with Crippen LogP contribution in [0.15, 0.2) is 0 Å². The molecule has 0 spiro atoms. The molecule has 0 aromatic rings. The number of rotatable bonds is 2. The summed E-state index contributed by atoms with van der Waals surface area (Å²) in [6.45, 7) is 1.01. The molecule has 1 saturated heterocycles. The zero-order valence-electron chi connectivity index (χ0n) is 8.09. The molecule has 1 radical (unpaired) electrons. The molecule has 0 amide bonds. The van der Waals surface area contributed by atoms with Crippen molar-refractivity contribution >= 4 is 6.29 Å². The average Bonchev–Trinajstić information content (AvgIpc) is 2.67. The van der Waals surface area contributed by atoms with Gasteiger partial charge in [0.05, 0.1) is 6.04 Å². The SMILES string of the molecule is O=[C][C@H]1NCC[C@H]1C1CCCCC1. The standard InChI is InChI=1S/C11H18NO/c13-8-11-10(6-7-12-11)9-4-2-1-3-5-9/h9-12H,1-7H2/t10-,11+/m0/s1. The Kier molecular flexibility index (Phi) is 2.99. The molecule has 1 aliphatic carbocycles. The van der Waals surface area contributed by atoms with Crippen molar-refractivity contribution in [2.75, 3.05) is 6.54 Å². The zero-order chi connectivity index (χ0) is 9.10. The van der Waals surface area contributed by atoms with Gasteiger partial charge in [-0.05, 0) is 24.8 Å². The Morgan fingerprint density at radius 3 is 2.54 bits per heavy atom. The van der Waals surface area contributed by atoms with Crippen LogP contribution < -0.4 is 5.32 Å².